The molecule has 4 nitrogen and oxygen atoms in total. The average molecular weight is 326 g/mol. The lowest BCUT2D eigenvalue weighted by molar-refractivity contribution is -0.0712. The second-order valence-electron chi connectivity index (χ2n) is 3.64. The molecule has 0 radical (unpaired) electrons. The van der Waals surface area contributed by atoms with Gasteiger partial charge in [-0.3, -0.25) is 0 Å². The monoisotopic (exact) mass is 325 g/mol. The Morgan fingerprint density at radius 1 is 1.33 bits per heavy atom. The summed E-state index contributed by atoms with van der Waals surface area (Å²) in [4.78, 5) is 0. The molecule has 0 aromatic heterocycles. The van der Waals surface area contributed by atoms with Gasteiger partial charge in [0, 0.05) is 0 Å². The maximum absolute atomic E-state index is 13.3. The Balaban J connectivity index is 3.25. The molecule has 1 atom stereocenters. The number of methoxy groups -OCH3 is 2. The molecule has 1 rings (SSSR count). The minimum absolute atomic E-state index is 0.117. The second-order valence-corrected chi connectivity index (χ2v) is 4.43. The number of aliphatic hydroxyl groups excluding tert-OH is 1. The Morgan fingerprint density at radius 2 is 1.78 bits per heavy atom. The van der Waals surface area contributed by atoms with Crippen molar-refractivity contribution < 1.29 is 23.4 Å². The van der Waals surface area contributed by atoms with Crippen molar-refractivity contribution in [2.75, 3.05) is 20.8 Å². The van der Waals surface area contributed by atoms with Crippen LogP contribution < -0.4 is 15.2 Å². The minimum atomic E-state index is -3.41. The standard InChI is InChI=1S/C11H14BrF2NO3/c1-17-7-3-6(4-8(18-2)9(7)12)10(15)11(13,14)5-16/h3-4,10,16H,5,15H2,1-2H3/t10-/m0/s1. The van der Waals surface area contributed by atoms with Crippen LogP contribution in [0.1, 0.15) is 11.6 Å². The number of ether oxygens (including phenoxy) is 2. The normalized spacial score (nSPS) is 13.3. The van der Waals surface area contributed by atoms with E-state index in [1.54, 1.807) is 0 Å². The molecule has 1 aromatic carbocycles. The van der Waals surface area contributed by atoms with Gasteiger partial charge in [0.25, 0.3) is 5.92 Å². The zero-order chi connectivity index (χ0) is 13.9. The molecule has 0 heterocycles. The largest absolute Gasteiger partial charge is 0.495 e. The first-order chi connectivity index (χ1) is 8.37. The summed E-state index contributed by atoms with van der Waals surface area (Å²) in [5.74, 6) is -2.76. The number of hydrogen-bond donors (Lipinski definition) is 2. The van der Waals surface area contributed by atoms with E-state index in [1.807, 2.05) is 0 Å². The molecular weight excluding hydrogens is 312 g/mol. The Bertz CT molecular complexity index is 404. The molecule has 0 fully saturated rings. The summed E-state index contributed by atoms with van der Waals surface area (Å²) in [6.07, 6.45) is 0. The zero-order valence-corrected chi connectivity index (χ0v) is 11.5. The highest BCUT2D eigenvalue weighted by molar-refractivity contribution is 9.10. The third-order valence-corrected chi connectivity index (χ3v) is 3.27. The number of halogens is 3. The van der Waals surface area contributed by atoms with Gasteiger partial charge in [0.2, 0.25) is 0 Å². The van der Waals surface area contributed by atoms with E-state index in [2.05, 4.69) is 15.9 Å². The Hall–Kier alpha value is -0.920. The second kappa shape index (κ2) is 5.81. The minimum Gasteiger partial charge on any atom is -0.495 e. The number of benzene rings is 1. The molecule has 0 bridgehead atoms. The molecule has 0 amide bonds. The molecule has 18 heavy (non-hydrogen) atoms. The van der Waals surface area contributed by atoms with E-state index < -0.39 is 18.6 Å². The van der Waals surface area contributed by atoms with Crippen LogP contribution in [0.3, 0.4) is 0 Å². The summed E-state index contributed by atoms with van der Waals surface area (Å²) in [6.45, 7) is -1.32. The van der Waals surface area contributed by atoms with E-state index in [9.17, 15) is 8.78 Å². The van der Waals surface area contributed by atoms with Crippen molar-refractivity contribution in [1.82, 2.24) is 0 Å². The van der Waals surface area contributed by atoms with Gasteiger partial charge in [-0.1, -0.05) is 0 Å². The van der Waals surface area contributed by atoms with Gasteiger partial charge in [0.05, 0.1) is 20.3 Å². The van der Waals surface area contributed by atoms with Gasteiger partial charge in [-0.15, -0.1) is 0 Å². The summed E-state index contributed by atoms with van der Waals surface area (Å²) < 4.78 is 37.3. The lowest BCUT2D eigenvalue weighted by atomic mass is 10.0. The predicted octanol–water partition coefficient (Wildman–Crippen LogP) is 2.09. The topological polar surface area (TPSA) is 64.7 Å². The van der Waals surface area contributed by atoms with Crippen molar-refractivity contribution in [2.45, 2.75) is 12.0 Å². The predicted molar refractivity (Wildman–Crippen MR) is 66.2 cm³/mol. The van der Waals surface area contributed by atoms with Crippen molar-refractivity contribution in [3.8, 4) is 11.5 Å². The van der Waals surface area contributed by atoms with Crippen LogP contribution in [-0.2, 0) is 0 Å². The molecule has 3 N–H and O–H groups in total. The summed E-state index contributed by atoms with van der Waals surface area (Å²) >= 11 is 3.22. The molecule has 0 saturated heterocycles. The van der Waals surface area contributed by atoms with E-state index >= 15 is 0 Å². The summed E-state index contributed by atoms with van der Waals surface area (Å²) in [6, 6.07) is 1.11. The molecule has 0 aliphatic rings. The van der Waals surface area contributed by atoms with Gasteiger partial charge in [0.15, 0.2) is 0 Å². The van der Waals surface area contributed by atoms with Crippen LogP contribution in [0.4, 0.5) is 8.78 Å². The van der Waals surface area contributed by atoms with Crippen LogP contribution >= 0.6 is 15.9 Å². The molecule has 1 aromatic rings. The maximum atomic E-state index is 13.3. The summed E-state index contributed by atoms with van der Waals surface area (Å²) in [7, 11) is 2.80. The van der Waals surface area contributed by atoms with Gasteiger partial charge in [-0.2, -0.15) is 0 Å². The van der Waals surface area contributed by atoms with Crippen LogP contribution in [0.15, 0.2) is 16.6 Å². The lowest BCUT2D eigenvalue weighted by Crippen LogP contribution is -2.36. The van der Waals surface area contributed by atoms with Gasteiger partial charge in [0.1, 0.15) is 22.6 Å². The van der Waals surface area contributed by atoms with Crippen LogP contribution in [0.25, 0.3) is 0 Å². The van der Waals surface area contributed by atoms with Crippen molar-refractivity contribution in [2.24, 2.45) is 5.73 Å². The van der Waals surface area contributed by atoms with Crippen molar-refractivity contribution in [3.63, 3.8) is 0 Å². The number of alkyl halides is 2. The van der Waals surface area contributed by atoms with Crippen LogP contribution in [0.2, 0.25) is 0 Å². The molecule has 0 aliphatic heterocycles. The fourth-order valence-electron chi connectivity index (χ4n) is 1.41. The van der Waals surface area contributed by atoms with Crippen molar-refractivity contribution in [1.29, 1.82) is 0 Å². The van der Waals surface area contributed by atoms with Gasteiger partial charge in [-0.05, 0) is 33.6 Å². The van der Waals surface area contributed by atoms with E-state index in [1.165, 1.54) is 26.4 Å². The quantitative estimate of drug-likeness (QED) is 0.870. The molecule has 0 spiro atoms. The third-order valence-electron chi connectivity index (χ3n) is 2.49. The first-order valence-electron chi connectivity index (χ1n) is 5.03. The highest BCUT2D eigenvalue weighted by atomic mass is 79.9. The zero-order valence-electron chi connectivity index (χ0n) is 9.91. The first-order valence-corrected chi connectivity index (χ1v) is 5.82. The summed E-state index contributed by atoms with van der Waals surface area (Å²) in [5, 5.41) is 8.63. The number of nitrogens with two attached hydrogens (primary N) is 1. The van der Waals surface area contributed by atoms with Gasteiger partial charge < -0.3 is 20.3 Å². The summed E-state index contributed by atoms with van der Waals surface area (Å²) in [5.41, 5.74) is 5.56. The Morgan fingerprint density at radius 3 is 2.11 bits per heavy atom. The molecule has 0 aliphatic carbocycles. The van der Waals surface area contributed by atoms with Crippen LogP contribution in [0.5, 0.6) is 11.5 Å². The molecule has 7 heteroatoms. The number of rotatable bonds is 5. The number of aliphatic hydroxyl groups is 1. The molecule has 0 unspecified atom stereocenters. The third kappa shape index (κ3) is 2.90. The van der Waals surface area contributed by atoms with Crippen molar-refractivity contribution in [3.05, 3.63) is 22.2 Å². The van der Waals surface area contributed by atoms with Crippen LogP contribution in [0, 0.1) is 0 Å². The Labute approximate surface area is 112 Å². The maximum Gasteiger partial charge on any atom is 0.289 e. The highest BCUT2D eigenvalue weighted by Crippen LogP contribution is 2.39. The molecule has 102 valence electrons. The molecular formula is C11H14BrF2NO3. The van der Waals surface area contributed by atoms with Gasteiger partial charge in [-0.25, -0.2) is 8.78 Å². The van der Waals surface area contributed by atoms with Crippen molar-refractivity contribution >= 4 is 15.9 Å². The number of hydrogen-bond acceptors (Lipinski definition) is 4. The average Bonchev–Trinajstić information content (AvgIpc) is 2.38. The SMILES string of the molecule is COc1cc([C@H](N)C(F)(F)CO)cc(OC)c1Br. The van der Waals surface area contributed by atoms with E-state index in [0.717, 1.165) is 0 Å². The van der Waals surface area contributed by atoms with E-state index in [0.29, 0.717) is 16.0 Å². The van der Waals surface area contributed by atoms with E-state index in [-0.39, 0.29) is 5.56 Å². The highest BCUT2D eigenvalue weighted by Gasteiger charge is 2.38. The van der Waals surface area contributed by atoms with Gasteiger partial charge >= 0.3 is 0 Å². The molecule has 0 saturated carbocycles. The fraction of sp³-hybridized carbons (Fsp3) is 0.455. The Kier molecular flexibility index (Phi) is 4.89. The van der Waals surface area contributed by atoms with E-state index in [4.69, 9.17) is 20.3 Å². The lowest BCUT2D eigenvalue weighted by Gasteiger charge is -2.23. The smallest absolute Gasteiger partial charge is 0.289 e. The first kappa shape index (κ1) is 15.1. The van der Waals surface area contributed by atoms with Crippen LogP contribution in [-0.4, -0.2) is 31.9 Å². The fourth-order valence-corrected chi connectivity index (χ4v) is 1.96.